The predicted molar refractivity (Wildman–Crippen MR) is 63.7 cm³/mol. The normalized spacial score (nSPS) is 9.87. The highest BCUT2D eigenvalue weighted by Gasteiger charge is 2.05. The number of nitrogens with one attached hydrogen (secondary N) is 1. The van der Waals surface area contributed by atoms with Crippen LogP contribution in [0.25, 0.3) is 0 Å². The van der Waals surface area contributed by atoms with E-state index >= 15 is 0 Å². The van der Waals surface area contributed by atoms with Gasteiger partial charge < -0.3 is 10.1 Å². The molecule has 0 atom stereocenters. The van der Waals surface area contributed by atoms with Gasteiger partial charge in [0.1, 0.15) is 5.75 Å². The molecule has 0 fully saturated rings. The van der Waals surface area contributed by atoms with Crippen molar-refractivity contribution in [1.29, 1.82) is 0 Å². The topological polar surface area (TPSA) is 38.3 Å². The Hall–Kier alpha value is -1.16. The van der Waals surface area contributed by atoms with Crippen molar-refractivity contribution < 1.29 is 9.53 Å². The zero-order chi connectivity index (χ0) is 11.4. The van der Waals surface area contributed by atoms with E-state index < -0.39 is 0 Å². The number of methoxy groups -OCH3 is 1. The quantitative estimate of drug-likeness (QED) is 0.775. The van der Waals surface area contributed by atoms with Gasteiger partial charge in [0.15, 0.2) is 0 Å². The summed E-state index contributed by atoms with van der Waals surface area (Å²) in [6.07, 6.45) is 0. The number of ether oxygens (including phenoxy) is 1. The van der Waals surface area contributed by atoms with E-state index in [0.29, 0.717) is 6.54 Å². The van der Waals surface area contributed by atoms with E-state index in [9.17, 15) is 4.79 Å². The van der Waals surface area contributed by atoms with Gasteiger partial charge in [-0.15, -0.1) is 0 Å². The van der Waals surface area contributed by atoms with Crippen molar-refractivity contribution >= 4 is 17.9 Å². The SMILES string of the molecule is COc1cc(C)c(CNC(=O)S)cc1C. The van der Waals surface area contributed by atoms with E-state index in [0.717, 1.165) is 22.4 Å². The fraction of sp³-hybridized carbons (Fsp3) is 0.364. The number of amides is 1. The van der Waals surface area contributed by atoms with Gasteiger partial charge in [-0.1, -0.05) is 18.7 Å². The molecular weight excluding hydrogens is 210 g/mol. The molecule has 0 aromatic heterocycles. The molecule has 1 amide bonds. The van der Waals surface area contributed by atoms with Gasteiger partial charge in [-0.3, -0.25) is 4.79 Å². The van der Waals surface area contributed by atoms with Crippen molar-refractivity contribution in [1.82, 2.24) is 5.32 Å². The Labute approximate surface area is 95.2 Å². The lowest BCUT2D eigenvalue weighted by atomic mass is 10.0. The average molecular weight is 225 g/mol. The molecule has 0 radical (unpaired) electrons. The van der Waals surface area contributed by atoms with Crippen molar-refractivity contribution in [3.05, 3.63) is 28.8 Å². The third-order valence-corrected chi connectivity index (χ3v) is 2.44. The highest BCUT2D eigenvalue weighted by Crippen LogP contribution is 2.22. The van der Waals surface area contributed by atoms with Crippen LogP contribution >= 0.6 is 12.6 Å². The minimum Gasteiger partial charge on any atom is -0.496 e. The minimum atomic E-state index is -0.317. The maximum atomic E-state index is 10.7. The van der Waals surface area contributed by atoms with E-state index in [-0.39, 0.29) is 5.24 Å². The van der Waals surface area contributed by atoms with Crippen LogP contribution in [0, 0.1) is 13.8 Å². The minimum absolute atomic E-state index is 0.317. The number of aryl methyl sites for hydroxylation is 2. The van der Waals surface area contributed by atoms with E-state index in [1.165, 1.54) is 0 Å². The van der Waals surface area contributed by atoms with Crippen LogP contribution in [0.3, 0.4) is 0 Å². The number of benzene rings is 1. The molecule has 0 heterocycles. The first-order chi connectivity index (χ1) is 7.04. The molecule has 1 aromatic carbocycles. The average Bonchev–Trinajstić information content (AvgIpc) is 2.18. The summed E-state index contributed by atoms with van der Waals surface area (Å²) < 4.78 is 5.20. The summed E-state index contributed by atoms with van der Waals surface area (Å²) >= 11 is 3.65. The Bertz CT molecular complexity index is 377. The van der Waals surface area contributed by atoms with Crippen LogP contribution in [0.5, 0.6) is 5.75 Å². The smallest absolute Gasteiger partial charge is 0.276 e. The lowest BCUT2D eigenvalue weighted by Crippen LogP contribution is -2.16. The van der Waals surface area contributed by atoms with E-state index in [4.69, 9.17) is 4.74 Å². The van der Waals surface area contributed by atoms with Gasteiger partial charge in [0.2, 0.25) is 0 Å². The number of hydrogen-bond donors (Lipinski definition) is 2. The van der Waals surface area contributed by atoms with Gasteiger partial charge in [-0.05, 0) is 36.6 Å². The second kappa shape index (κ2) is 5.07. The highest BCUT2D eigenvalue weighted by molar-refractivity contribution is 7.96. The van der Waals surface area contributed by atoms with Crippen molar-refractivity contribution in [3.8, 4) is 5.75 Å². The Kier molecular flexibility index (Phi) is 4.03. The molecule has 0 unspecified atom stereocenters. The van der Waals surface area contributed by atoms with Gasteiger partial charge in [0, 0.05) is 6.54 Å². The summed E-state index contributed by atoms with van der Waals surface area (Å²) in [6.45, 7) is 4.46. The van der Waals surface area contributed by atoms with Crippen LogP contribution in [-0.4, -0.2) is 12.3 Å². The zero-order valence-electron chi connectivity index (χ0n) is 9.13. The second-order valence-corrected chi connectivity index (χ2v) is 3.81. The van der Waals surface area contributed by atoms with Gasteiger partial charge in [0.05, 0.1) is 7.11 Å². The lowest BCUT2D eigenvalue weighted by molar-refractivity contribution is 0.260. The molecular formula is C11H15NO2S. The van der Waals surface area contributed by atoms with Crippen molar-refractivity contribution in [2.75, 3.05) is 7.11 Å². The van der Waals surface area contributed by atoms with Gasteiger partial charge in [-0.25, -0.2) is 0 Å². The van der Waals surface area contributed by atoms with Crippen molar-refractivity contribution in [2.45, 2.75) is 20.4 Å². The lowest BCUT2D eigenvalue weighted by Gasteiger charge is -2.11. The maximum absolute atomic E-state index is 10.7. The molecule has 0 aliphatic rings. The van der Waals surface area contributed by atoms with Gasteiger partial charge >= 0.3 is 0 Å². The molecule has 0 aliphatic carbocycles. The van der Waals surface area contributed by atoms with Crippen LogP contribution in [0.4, 0.5) is 4.79 Å². The fourth-order valence-electron chi connectivity index (χ4n) is 1.43. The molecule has 0 spiro atoms. The summed E-state index contributed by atoms with van der Waals surface area (Å²) in [5, 5.41) is 2.34. The molecule has 3 nitrogen and oxygen atoms in total. The number of thiol groups is 1. The molecule has 0 saturated carbocycles. The van der Waals surface area contributed by atoms with Crippen LogP contribution < -0.4 is 10.1 Å². The number of carbonyl (C=O) groups excluding carboxylic acids is 1. The molecule has 1 N–H and O–H groups in total. The summed E-state index contributed by atoms with van der Waals surface area (Å²) in [4.78, 5) is 10.7. The molecule has 82 valence electrons. The van der Waals surface area contributed by atoms with Gasteiger partial charge in [0.25, 0.3) is 5.24 Å². The number of hydrogen-bond acceptors (Lipinski definition) is 2. The first-order valence-electron chi connectivity index (χ1n) is 4.65. The monoisotopic (exact) mass is 225 g/mol. The van der Waals surface area contributed by atoms with E-state index in [1.54, 1.807) is 7.11 Å². The zero-order valence-corrected chi connectivity index (χ0v) is 10.0. The molecule has 0 bridgehead atoms. The van der Waals surface area contributed by atoms with E-state index in [2.05, 4.69) is 17.9 Å². The Morgan fingerprint density at radius 3 is 2.60 bits per heavy atom. The van der Waals surface area contributed by atoms with Crippen molar-refractivity contribution in [2.24, 2.45) is 0 Å². The van der Waals surface area contributed by atoms with Crippen molar-refractivity contribution in [3.63, 3.8) is 0 Å². The summed E-state index contributed by atoms with van der Waals surface area (Å²) in [6, 6.07) is 3.98. The Morgan fingerprint density at radius 1 is 1.40 bits per heavy atom. The third kappa shape index (κ3) is 3.16. The maximum Gasteiger partial charge on any atom is 0.276 e. The molecule has 0 aliphatic heterocycles. The standard InChI is InChI=1S/C11H15NO2S/c1-7-5-10(14-3)8(2)4-9(7)6-12-11(13)15/h4-5H,6H2,1-3H3,(H2,12,13,15). The summed E-state index contributed by atoms with van der Waals surface area (Å²) in [7, 11) is 1.65. The summed E-state index contributed by atoms with van der Waals surface area (Å²) in [5.74, 6) is 0.869. The second-order valence-electron chi connectivity index (χ2n) is 3.41. The third-order valence-electron chi connectivity index (χ3n) is 2.28. The van der Waals surface area contributed by atoms with E-state index in [1.807, 2.05) is 26.0 Å². The van der Waals surface area contributed by atoms with Crippen LogP contribution in [0.1, 0.15) is 16.7 Å². The Balaban J connectivity index is 2.90. The largest absolute Gasteiger partial charge is 0.496 e. The molecule has 4 heteroatoms. The Morgan fingerprint density at radius 2 is 2.07 bits per heavy atom. The summed E-state index contributed by atoms with van der Waals surface area (Å²) in [5.41, 5.74) is 3.24. The molecule has 1 aromatic rings. The first kappa shape index (κ1) is 11.9. The van der Waals surface area contributed by atoms with Crippen LogP contribution in [0.15, 0.2) is 12.1 Å². The fourth-order valence-corrected chi connectivity index (χ4v) is 1.51. The van der Waals surface area contributed by atoms with Crippen LogP contribution in [0.2, 0.25) is 0 Å². The predicted octanol–water partition coefficient (Wildman–Crippen LogP) is 2.45. The van der Waals surface area contributed by atoms with Crippen LogP contribution in [-0.2, 0) is 6.54 Å². The molecule has 0 saturated heterocycles. The number of rotatable bonds is 3. The molecule has 1 rings (SSSR count). The highest BCUT2D eigenvalue weighted by atomic mass is 32.1. The van der Waals surface area contributed by atoms with Gasteiger partial charge in [-0.2, -0.15) is 0 Å². The first-order valence-corrected chi connectivity index (χ1v) is 5.10. The number of carbonyl (C=O) groups is 1. The molecule has 15 heavy (non-hydrogen) atoms.